The lowest BCUT2D eigenvalue weighted by molar-refractivity contribution is 0.774. The Morgan fingerprint density at radius 3 is 2.87 bits per heavy atom. The quantitative estimate of drug-likeness (QED) is 0.744. The maximum absolute atomic E-state index is 5.53. The lowest BCUT2D eigenvalue weighted by atomic mass is 10.1. The van der Waals surface area contributed by atoms with E-state index in [0.717, 1.165) is 30.9 Å². The second-order valence-electron chi connectivity index (χ2n) is 3.98. The largest absolute Gasteiger partial charge is 0.353 e. The summed E-state index contributed by atoms with van der Waals surface area (Å²) in [6.45, 7) is 4.78. The highest BCUT2D eigenvalue weighted by atomic mass is 15.2. The van der Waals surface area contributed by atoms with Crippen LogP contribution in [0.5, 0.6) is 0 Å². The van der Waals surface area contributed by atoms with Gasteiger partial charge in [-0.1, -0.05) is 17.7 Å². The second kappa shape index (κ2) is 4.45. The van der Waals surface area contributed by atoms with Crippen LogP contribution in [0.4, 0.5) is 5.82 Å². The maximum Gasteiger partial charge on any atom is 0.128 e. The molecule has 2 heterocycles. The van der Waals surface area contributed by atoms with Gasteiger partial charge in [0, 0.05) is 25.8 Å². The summed E-state index contributed by atoms with van der Waals surface area (Å²) in [6.07, 6.45) is 5.27. The molecule has 1 aliphatic rings. The lowest BCUT2D eigenvalue weighted by Gasteiger charge is -2.26. The first kappa shape index (κ1) is 10.2. The Labute approximate surface area is 90.6 Å². The fourth-order valence-corrected chi connectivity index (χ4v) is 1.70. The van der Waals surface area contributed by atoms with E-state index in [-0.39, 0.29) is 0 Å². The number of rotatable bonds is 2. The van der Waals surface area contributed by atoms with E-state index in [1.807, 2.05) is 12.3 Å². The van der Waals surface area contributed by atoms with E-state index >= 15 is 0 Å². The van der Waals surface area contributed by atoms with Gasteiger partial charge in [0.05, 0.1) is 0 Å². The van der Waals surface area contributed by atoms with Crippen LogP contribution in [0.2, 0.25) is 0 Å². The number of hydrogen-bond acceptors (Lipinski definition) is 3. The van der Waals surface area contributed by atoms with Gasteiger partial charge >= 0.3 is 0 Å². The first-order chi connectivity index (χ1) is 7.29. The third kappa shape index (κ3) is 2.36. The molecule has 0 spiro atoms. The summed E-state index contributed by atoms with van der Waals surface area (Å²) in [7, 11) is 0. The highest BCUT2D eigenvalue weighted by Crippen LogP contribution is 2.17. The van der Waals surface area contributed by atoms with Gasteiger partial charge in [-0.3, -0.25) is 0 Å². The minimum atomic E-state index is 0.562. The Hall–Kier alpha value is -1.35. The Kier molecular flexibility index (Phi) is 3.02. The van der Waals surface area contributed by atoms with E-state index in [2.05, 4.69) is 29.0 Å². The summed E-state index contributed by atoms with van der Waals surface area (Å²) in [5, 5.41) is 0. The minimum absolute atomic E-state index is 0.562. The highest BCUT2D eigenvalue weighted by molar-refractivity contribution is 5.41. The van der Waals surface area contributed by atoms with Crippen LogP contribution in [0.25, 0.3) is 0 Å². The lowest BCUT2D eigenvalue weighted by Crippen LogP contribution is -2.28. The number of nitrogens with zero attached hydrogens (tertiary/aromatic N) is 2. The van der Waals surface area contributed by atoms with Crippen molar-refractivity contribution in [3.05, 3.63) is 35.5 Å². The Morgan fingerprint density at radius 2 is 2.33 bits per heavy atom. The predicted octanol–water partition coefficient (Wildman–Crippen LogP) is 1.70. The maximum atomic E-state index is 5.53. The van der Waals surface area contributed by atoms with E-state index in [4.69, 9.17) is 5.73 Å². The normalized spacial score (nSPS) is 16.4. The summed E-state index contributed by atoms with van der Waals surface area (Å²) in [5.41, 5.74) is 8.10. The number of anilines is 1. The molecule has 0 bridgehead atoms. The van der Waals surface area contributed by atoms with Gasteiger partial charge in [-0.15, -0.1) is 0 Å². The van der Waals surface area contributed by atoms with Crippen LogP contribution < -0.4 is 10.6 Å². The molecule has 3 nitrogen and oxygen atoms in total. The van der Waals surface area contributed by atoms with Crippen molar-refractivity contribution >= 4 is 5.82 Å². The van der Waals surface area contributed by atoms with Crippen molar-refractivity contribution in [2.75, 3.05) is 18.0 Å². The molecule has 1 aromatic heterocycles. The van der Waals surface area contributed by atoms with Crippen LogP contribution in [0.15, 0.2) is 30.0 Å². The van der Waals surface area contributed by atoms with Gasteiger partial charge in [0.15, 0.2) is 0 Å². The molecular weight excluding hydrogens is 186 g/mol. The summed E-state index contributed by atoms with van der Waals surface area (Å²) in [4.78, 5) is 6.70. The molecule has 0 aliphatic carbocycles. The molecule has 0 radical (unpaired) electrons. The zero-order valence-corrected chi connectivity index (χ0v) is 9.11. The Bertz CT molecular complexity index is 354. The van der Waals surface area contributed by atoms with Gasteiger partial charge in [0.25, 0.3) is 0 Å². The van der Waals surface area contributed by atoms with Crippen molar-refractivity contribution < 1.29 is 0 Å². The minimum Gasteiger partial charge on any atom is -0.353 e. The zero-order chi connectivity index (χ0) is 10.7. The predicted molar refractivity (Wildman–Crippen MR) is 62.7 cm³/mol. The second-order valence-corrected chi connectivity index (χ2v) is 3.98. The number of aromatic nitrogens is 1. The summed E-state index contributed by atoms with van der Waals surface area (Å²) in [6, 6.07) is 4.10. The van der Waals surface area contributed by atoms with E-state index in [0.29, 0.717) is 6.54 Å². The molecule has 0 saturated heterocycles. The van der Waals surface area contributed by atoms with Gasteiger partial charge in [-0.25, -0.2) is 4.98 Å². The fraction of sp³-hybridized carbons (Fsp3) is 0.417. The molecule has 1 aliphatic heterocycles. The zero-order valence-electron chi connectivity index (χ0n) is 9.11. The topological polar surface area (TPSA) is 42.1 Å². The third-order valence-corrected chi connectivity index (χ3v) is 2.81. The van der Waals surface area contributed by atoms with Gasteiger partial charge < -0.3 is 10.6 Å². The Balaban J connectivity index is 2.10. The molecule has 0 amide bonds. The van der Waals surface area contributed by atoms with Crippen LogP contribution >= 0.6 is 0 Å². The third-order valence-electron chi connectivity index (χ3n) is 2.81. The Morgan fingerprint density at radius 1 is 1.47 bits per heavy atom. The van der Waals surface area contributed by atoms with Gasteiger partial charge in [-0.2, -0.15) is 0 Å². The molecule has 0 unspecified atom stereocenters. The average Bonchev–Trinajstić information content (AvgIpc) is 2.30. The van der Waals surface area contributed by atoms with Gasteiger partial charge in [0.1, 0.15) is 5.82 Å². The van der Waals surface area contributed by atoms with E-state index in [1.54, 1.807) is 0 Å². The molecule has 80 valence electrons. The highest BCUT2D eigenvalue weighted by Gasteiger charge is 2.10. The average molecular weight is 203 g/mol. The molecule has 0 atom stereocenters. The number of nitrogens with two attached hydrogens (primary N) is 1. The first-order valence-corrected chi connectivity index (χ1v) is 5.35. The molecule has 0 fully saturated rings. The van der Waals surface area contributed by atoms with Crippen molar-refractivity contribution in [1.29, 1.82) is 0 Å². The van der Waals surface area contributed by atoms with E-state index < -0.39 is 0 Å². The van der Waals surface area contributed by atoms with Crippen LogP contribution in [-0.4, -0.2) is 18.1 Å². The molecule has 0 saturated carbocycles. The van der Waals surface area contributed by atoms with Gasteiger partial charge in [0.2, 0.25) is 0 Å². The molecule has 2 rings (SSSR count). The smallest absolute Gasteiger partial charge is 0.128 e. The van der Waals surface area contributed by atoms with Crippen molar-refractivity contribution in [1.82, 2.24) is 4.98 Å². The first-order valence-electron chi connectivity index (χ1n) is 5.35. The molecular formula is C12H17N3. The van der Waals surface area contributed by atoms with Crippen molar-refractivity contribution in [3.8, 4) is 0 Å². The van der Waals surface area contributed by atoms with E-state index in [9.17, 15) is 0 Å². The van der Waals surface area contributed by atoms with Crippen LogP contribution in [0.1, 0.15) is 18.9 Å². The molecule has 0 aromatic carbocycles. The van der Waals surface area contributed by atoms with Crippen LogP contribution in [-0.2, 0) is 6.54 Å². The number of pyridine rings is 1. The van der Waals surface area contributed by atoms with Crippen LogP contribution in [0.3, 0.4) is 0 Å². The van der Waals surface area contributed by atoms with Gasteiger partial charge in [-0.05, 0) is 25.0 Å². The van der Waals surface area contributed by atoms with Crippen molar-refractivity contribution in [2.45, 2.75) is 19.9 Å². The molecule has 15 heavy (non-hydrogen) atoms. The van der Waals surface area contributed by atoms with Crippen molar-refractivity contribution in [3.63, 3.8) is 0 Å². The van der Waals surface area contributed by atoms with E-state index in [1.165, 1.54) is 5.57 Å². The van der Waals surface area contributed by atoms with Crippen LogP contribution in [0, 0.1) is 0 Å². The molecule has 1 aromatic rings. The molecule has 3 heteroatoms. The summed E-state index contributed by atoms with van der Waals surface area (Å²) < 4.78 is 0. The number of hydrogen-bond donors (Lipinski definition) is 1. The summed E-state index contributed by atoms with van der Waals surface area (Å²) >= 11 is 0. The summed E-state index contributed by atoms with van der Waals surface area (Å²) in [5.74, 6) is 1.05. The SMILES string of the molecule is CC1=CCN(c2ccc(CN)cn2)CC1. The standard InChI is InChI=1S/C12H17N3/c1-10-4-6-15(7-5-10)12-3-2-11(8-13)9-14-12/h2-4,9H,5-8,13H2,1H3. The fourth-order valence-electron chi connectivity index (χ4n) is 1.70. The molecule has 2 N–H and O–H groups in total. The van der Waals surface area contributed by atoms with Crippen molar-refractivity contribution in [2.24, 2.45) is 5.73 Å². The monoisotopic (exact) mass is 203 g/mol.